The van der Waals surface area contributed by atoms with Gasteiger partial charge in [0.25, 0.3) is 0 Å². The Balaban J connectivity index is 1.96. The van der Waals surface area contributed by atoms with Gasteiger partial charge in [0.05, 0.1) is 0 Å². The molecule has 0 spiro atoms. The molecule has 0 bridgehead atoms. The lowest BCUT2D eigenvalue weighted by atomic mass is 9.89. The van der Waals surface area contributed by atoms with Crippen molar-refractivity contribution in [2.75, 3.05) is 7.05 Å². The lowest BCUT2D eigenvalue weighted by Gasteiger charge is -2.15. The molecule has 1 aliphatic carbocycles. The fourth-order valence-corrected chi connectivity index (χ4v) is 2.31. The fourth-order valence-electron chi connectivity index (χ4n) is 2.31. The number of hydrogen-bond acceptors (Lipinski definition) is 3. The summed E-state index contributed by atoms with van der Waals surface area (Å²) in [5.41, 5.74) is 2.81. The lowest BCUT2D eigenvalue weighted by molar-refractivity contribution is -0.129. The Morgan fingerprint density at radius 3 is 2.75 bits per heavy atom. The monoisotopic (exact) mass is 274 g/mol. The lowest BCUT2D eigenvalue weighted by Crippen LogP contribution is -2.29. The maximum absolute atomic E-state index is 11.7. The standard InChI is InChI=1S/C15H18N2O3/c1-16-14(19)8-15(20)17-9-10-5-6-12-11(7-10)3-2-4-13(12)18/h5-7H,2-4,8-9H2,1H3,(H,16,19)(H,17,20). The molecular formula is C15H18N2O3. The first-order valence-corrected chi connectivity index (χ1v) is 6.72. The molecule has 0 atom stereocenters. The second-order valence-corrected chi connectivity index (χ2v) is 4.89. The van der Waals surface area contributed by atoms with E-state index in [1.165, 1.54) is 7.05 Å². The molecule has 0 heterocycles. The van der Waals surface area contributed by atoms with Gasteiger partial charge < -0.3 is 10.6 Å². The first-order valence-electron chi connectivity index (χ1n) is 6.72. The summed E-state index contributed by atoms with van der Waals surface area (Å²) in [7, 11) is 1.50. The topological polar surface area (TPSA) is 75.3 Å². The second-order valence-electron chi connectivity index (χ2n) is 4.89. The Morgan fingerprint density at radius 1 is 1.20 bits per heavy atom. The van der Waals surface area contributed by atoms with Gasteiger partial charge in [-0.2, -0.15) is 0 Å². The molecule has 0 aromatic heterocycles. The van der Waals surface area contributed by atoms with Crippen LogP contribution < -0.4 is 10.6 Å². The maximum atomic E-state index is 11.7. The summed E-state index contributed by atoms with van der Waals surface area (Å²) >= 11 is 0. The van der Waals surface area contributed by atoms with Gasteiger partial charge in [-0.15, -0.1) is 0 Å². The molecule has 2 amide bonds. The van der Waals surface area contributed by atoms with Crippen LogP contribution in [0.4, 0.5) is 0 Å². The van der Waals surface area contributed by atoms with Crippen molar-refractivity contribution in [3.05, 3.63) is 34.9 Å². The predicted octanol–water partition coefficient (Wildman–Crippen LogP) is 0.958. The Bertz CT molecular complexity index is 552. The van der Waals surface area contributed by atoms with E-state index in [0.717, 1.165) is 29.5 Å². The quantitative estimate of drug-likeness (QED) is 0.803. The number of Topliss-reactive ketones (excluding diaryl/α,β-unsaturated/α-hetero) is 1. The number of nitrogens with one attached hydrogen (secondary N) is 2. The van der Waals surface area contributed by atoms with Crippen LogP contribution in [0.2, 0.25) is 0 Å². The molecule has 1 aromatic rings. The zero-order chi connectivity index (χ0) is 14.5. The van der Waals surface area contributed by atoms with Crippen molar-refractivity contribution in [2.45, 2.75) is 32.2 Å². The summed E-state index contributed by atoms with van der Waals surface area (Å²) in [4.78, 5) is 34.3. The summed E-state index contributed by atoms with van der Waals surface area (Å²) in [6.45, 7) is 0.372. The molecule has 0 saturated heterocycles. The average Bonchev–Trinajstić information content (AvgIpc) is 2.45. The Hall–Kier alpha value is -2.17. The highest BCUT2D eigenvalue weighted by molar-refractivity contribution is 5.98. The smallest absolute Gasteiger partial charge is 0.229 e. The molecule has 20 heavy (non-hydrogen) atoms. The first-order chi connectivity index (χ1) is 9.60. The number of hydrogen-bond donors (Lipinski definition) is 2. The number of carbonyl (C=O) groups is 3. The number of benzene rings is 1. The van der Waals surface area contributed by atoms with E-state index in [-0.39, 0.29) is 24.0 Å². The van der Waals surface area contributed by atoms with Crippen molar-refractivity contribution in [3.63, 3.8) is 0 Å². The van der Waals surface area contributed by atoms with E-state index in [2.05, 4.69) is 10.6 Å². The summed E-state index contributed by atoms with van der Waals surface area (Å²) in [6.07, 6.45) is 2.24. The van der Waals surface area contributed by atoms with Crippen molar-refractivity contribution in [3.8, 4) is 0 Å². The molecule has 5 heteroatoms. The molecule has 0 unspecified atom stereocenters. The van der Waals surface area contributed by atoms with Crippen LogP contribution in [0.1, 0.15) is 40.7 Å². The Morgan fingerprint density at radius 2 is 2.00 bits per heavy atom. The normalized spacial score (nSPS) is 13.6. The van der Waals surface area contributed by atoms with Gasteiger partial charge in [-0.05, 0) is 24.0 Å². The van der Waals surface area contributed by atoms with Crippen molar-refractivity contribution in [1.29, 1.82) is 0 Å². The Kier molecular flexibility index (Phi) is 4.50. The maximum Gasteiger partial charge on any atom is 0.229 e. The van der Waals surface area contributed by atoms with Gasteiger partial charge >= 0.3 is 0 Å². The summed E-state index contributed by atoms with van der Waals surface area (Å²) < 4.78 is 0. The van der Waals surface area contributed by atoms with Crippen molar-refractivity contribution in [1.82, 2.24) is 10.6 Å². The van der Waals surface area contributed by atoms with Crippen LogP contribution in [0, 0.1) is 0 Å². The summed E-state index contributed by atoms with van der Waals surface area (Å²) in [5.74, 6) is -0.418. The van der Waals surface area contributed by atoms with Crippen LogP contribution in [0.25, 0.3) is 0 Å². The summed E-state index contributed by atoms with van der Waals surface area (Å²) in [5, 5.41) is 5.10. The summed E-state index contributed by atoms with van der Waals surface area (Å²) in [6, 6.07) is 5.64. The van der Waals surface area contributed by atoms with Crippen molar-refractivity contribution >= 4 is 17.6 Å². The molecule has 0 saturated carbocycles. The van der Waals surface area contributed by atoms with E-state index >= 15 is 0 Å². The molecular weight excluding hydrogens is 256 g/mol. The van der Waals surface area contributed by atoms with Crippen LogP contribution in [-0.4, -0.2) is 24.6 Å². The number of carbonyl (C=O) groups excluding carboxylic acids is 3. The number of aryl methyl sites for hydroxylation is 1. The Labute approximate surface area is 117 Å². The van der Waals surface area contributed by atoms with Gasteiger partial charge in [0.1, 0.15) is 6.42 Å². The second kappa shape index (κ2) is 6.32. The number of rotatable bonds is 4. The molecule has 1 aromatic carbocycles. The minimum absolute atomic E-state index is 0.167. The minimum Gasteiger partial charge on any atom is -0.359 e. The molecule has 1 aliphatic rings. The first kappa shape index (κ1) is 14.2. The van der Waals surface area contributed by atoms with E-state index in [0.29, 0.717) is 13.0 Å². The van der Waals surface area contributed by atoms with Gasteiger partial charge in [-0.3, -0.25) is 14.4 Å². The van der Waals surface area contributed by atoms with E-state index < -0.39 is 0 Å². The molecule has 2 rings (SSSR count). The number of amides is 2. The minimum atomic E-state index is -0.307. The zero-order valence-electron chi connectivity index (χ0n) is 11.5. The average molecular weight is 274 g/mol. The van der Waals surface area contributed by atoms with E-state index in [1.807, 2.05) is 18.2 Å². The molecule has 2 N–H and O–H groups in total. The highest BCUT2D eigenvalue weighted by atomic mass is 16.2. The van der Waals surface area contributed by atoms with Gasteiger partial charge in [0, 0.05) is 25.6 Å². The van der Waals surface area contributed by atoms with E-state index in [4.69, 9.17) is 0 Å². The van der Waals surface area contributed by atoms with Crippen LogP contribution in [0.15, 0.2) is 18.2 Å². The van der Waals surface area contributed by atoms with E-state index in [1.54, 1.807) is 0 Å². The van der Waals surface area contributed by atoms with Crippen LogP contribution in [0.5, 0.6) is 0 Å². The molecule has 0 fully saturated rings. The molecule has 0 radical (unpaired) electrons. The van der Waals surface area contributed by atoms with E-state index in [9.17, 15) is 14.4 Å². The number of fused-ring (bicyclic) bond motifs is 1. The van der Waals surface area contributed by atoms with Gasteiger partial charge in [-0.1, -0.05) is 18.2 Å². The SMILES string of the molecule is CNC(=O)CC(=O)NCc1ccc2c(c1)CCCC2=O. The van der Waals surface area contributed by atoms with Crippen LogP contribution in [0.3, 0.4) is 0 Å². The predicted molar refractivity (Wildman–Crippen MR) is 74.2 cm³/mol. The molecule has 0 aliphatic heterocycles. The van der Waals surface area contributed by atoms with Crippen LogP contribution >= 0.6 is 0 Å². The highest BCUT2D eigenvalue weighted by Gasteiger charge is 2.17. The zero-order valence-corrected chi connectivity index (χ0v) is 11.5. The van der Waals surface area contributed by atoms with Gasteiger partial charge in [-0.25, -0.2) is 0 Å². The third-order valence-electron chi connectivity index (χ3n) is 3.41. The largest absolute Gasteiger partial charge is 0.359 e. The van der Waals surface area contributed by atoms with Gasteiger partial charge in [0.2, 0.25) is 11.8 Å². The highest BCUT2D eigenvalue weighted by Crippen LogP contribution is 2.22. The van der Waals surface area contributed by atoms with Crippen LogP contribution in [-0.2, 0) is 22.6 Å². The van der Waals surface area contributed by atoms with Crippen molar-refractivity contribution < 1.29 is 14.4 Å². The van der Waals surface area contributed by atoms with Crippen molar-refractivity contribution in [2.24, 2.45) is 0 Å². The molecule has 5 nitrogen and oxygen atoms in total. The number of ketones is 1. The molecule has 106 valence electrons. The third-order valence-corrected chi connectivity index (χ3v) is 3.41. The fraction of sp³-hybridized carbons (Fsp3) is 0.400. The van der Waals surface area contributed by atoms with Gasteiger partial charge in [0.15, 0.2) is 5.78 Å². The third kappa shape index (κ3) is 3.44.